The van der Waals surface area contributed by atoms with E-state index in [4.69, 9.17) is 4.74 Å². The van der Waals surface area contributed by atoms with Crippen LogP contribution in [0.5, 0.6) is 0 Å². The van der Waals surface area contributed by atoms with Gasteiger partial charge >= 0.3 is 12.1 Å². The molecule has 2 aliphatic rings. The number of amides is 2. The van der Waals surface area contributed by atoms with E-state index in [1.165, 1.54) is 11.1 Å². The van der Waals surface area contributed by atoms with Crippen molar-refractivity contribution >= 4 is 18.0 Å². The van der Waals surface area contributed by atoms with E-state index in [9.17, 15) is 19.5 Å². The Balaban J connectivity index is 1.24. The Bertz CT molecular complexity index is 1080. The SMILES string of the molecule is CC(C)=CCC(NC(=O)[C@H]1C[C@H]1CNC(=O)OCC1c2ccccc2-c2ccccc21)C(=O)O. The molecule has 2 aromatic rings. The van der Waals surface area contributed by atoms with Gasteiger partial charge in [-0.2, -0.15) is 0 Å². The van der Waals surface area contributed by atoms with Crippen molar-refractivity contribution < 1.29 is 24.2 Å². The Kier molecular flexibility index (Phi) is 7.01. The minimum absolute atomic E-state index is 0.00800. The molecule has 3 N–H and O–H groups in total. The van der Waals surface area contributed by atoms with Crippen LogP contribution >= 0.6 is 0 Å². The van der Waals surface area contributed by atoms with E-state index in [0.717, 1.165) is 16.7 Å². The summed E-state index contributed by atoms with van der Waals surface area (Å²) < 4.78 is 5.53. The minimum atomic E-state index is -1.06. The number of hydrogen-bond acceptors (Lipinski definition) is 4. The largest absolute Gasteiger partial charge is 0.480 e. The summed E-state index contributed by atoms with van der Waals surface area (Å²) >= 11 is 0. The molecule has 178 valence electrons. The molecule has 0 saturated heterocycles. The van der Waals surface area contributed by atoms with Crippen LogP contribution in [-0.4, -0.2) is 42.3 Å². The van der Waals surface area contributed by atoms with Gasteiger partial charge in [-0.1, -0.05) is 60.2 Å². The topological polar surface area (TPSA) is 105 Å². The van der Waals surface area contributed by atoms with Gasteiger partial charge in [0, 0.05) is 18.4 Å². The standard InChI is InChI=1S/C27H30N2O5/c1-16(2)11-12-24(26(31)32)29-25(30)22-13-17(22)14-28-27(33)34-15-23-20-9-5-3-7-18(20)19-8-4-6-10-21(19)23/h3-11,17,22-24H,12-15H2,1-2H3,(H,28,33)(H,29,30)(H,31,32)/t17-,22-,24?/m0/s1. The minimum Gasteiger partial charge on any atom is -0.480 e. The van der Waals surface area contributed by atoms with E-state index in [-0.39, 0.29) is 36.7 Å². The van der Waals surface area contributed by atoms with Gasteiger partial charge in [-0.15, -0.1) is 0 Å². The highest BCUT2D eigenvalue weighted by Crippen LogP contribution is 2.44. The first-order chi connectivity index (χ1) is 16.3. The average molecular weight is 463 g/mol. The number of carboxylic acid groups (broad SMARTS) is 1. The van der Waals surface area contributed by atoms with Crippen LogP contribution in [0.2, 0.25) is 0 Å². The van der Waals surface area contributed by atoms with Gasteiger partial charge in [0.15, 0.2) is 0 Å². The van der Waals surface area contributed by atoms with Crippen LogP contribution in [0.15, 0.2) is 60.2 Å². The van der Waals surface area contributed by atoms with Gasteiger partial charge in [0.1, 0.15) is 12.6 Å². The summed E-state index contributed by atoms with van der Waals surface area (Å²) in [5.41, 5.74) is 5.64. The Morgan fingerprint density at radius 3 is 2.26 bits per heavy atom. The first-order valence-electron chi connectivity index (χ1n) is 11.6. The van der Waals surface area contributed by atoms with Crippen molar-refractivity contribution in [2.24, 2.45) is 11.8 Å². The number of carbonyl (C=O) groups is 3. The lowest BCUT2D eigenvalue weighted by Crippen LogP contribution is -2.41. The van der Waals surface area contributed by atoms with Gasteiger partial charge in [0.05, 0.1) is 0 Å². The van der Waals surface area contributed by atoms with Gasteiger partial charge in [-0.05, 0) is 54.9 Å². The summed E-state index contributed by atoms with van der Waals surface area (Å²) in [6, 6.07) is 15.4. The second kappa shape index (κ2) is 10.1. The maximum atomic E-state index is 12.4. The lowest BCUT2D eigenvalue weighted by Gasteiger charge is -2.15. The fourth-order valence-electron chi connectivity index (χ4n) is 4.51. The van der Waals surface area contributed by atoms with Gasteiger partial charge in [-0.3, -0.25) is 4.79 Å². The highest BCUT2D eigenvalue weighted by molar-refractivity contribution is 5.87. The van der Waals surface area contributed by atoms with Crippen molar-refractivity contribution in [2.75, 3.05) is 13.2 Å². The summed E-state index contributed by atoms with van der Waals surface area (Å²) in [5, 5.41) is 14.7. The molecule has 1 saturated carbocycles. The molecule has 0 aromatic heterocycles. The summed E-state index contributed by atoms with van der Waals surface area (Å²) in [6.45, 7) is 4.32. The van der Waals surface area contributed by atoms with E-state index in [2.05, 4.69) is 34.9 Å². The number of hydrogen-bond donors (Lipinski definition) is 3. The summed E-state index contributed by atoms with van der Waals surface area (Å²) in [5.74, 6) is -1.65. The number of nitrogens with one attached hydrogen (secondary N) is 2. The van der Waals surface area contributed by atoms with Crippen molar-refractivity contribution in [3.8, 4) is 11.1 Å². The average Bonchev–Trinajstić information content (AvgIpc) is 3.54. The highest BCUT2D eigenvalue weighted by Gasteiger charge is 2.44. The predicted molar refractivity (Wildman–Crippen MR) is 128 cm³/mol. The fourth-order valence-corrected chi connectivity index (χ4v) is 4.51. The van der Waals surface area contributed by atoms with Crippen LogP contribution in [0.3, 0.4) is 0 Å². The number of ether oxygens (including phenoxy) is 1. The summed E-state index contributed by atoms with van der Waals surface area (Å²) in [7, 11) is 0. The third-order valence-corrected chi connectivity index (χ3v) is 6.49. The number of alkyl carbamates (subject to hydrolysis) is 1. The smallest absolute Gasteiger partial charge is 0.407 e. The van der Waals surface area contributed by atoms with E-state index < -0.39 is 18.1 Å². The Hall–Kier alpha value is -3.61. The van der Waals surface area contributed by atoms with Crippen LogP contribution < -0.4 is 10.6 Å². The number of carboxylic acids is 1. The first kappa shape index (κ1) is 23.5. The summed E-state index contributed by atoms with van der Waals surface area (Å²) in [6.07, 6.45) is 2.14. The fraction of sp³-hybridized carbons (Fsp3) is 0.370. The number of aliphatic carboxylic acids is 1. The Morgan fingerprint density at radius 2 is 1.68 bits per heavy atom. The molecule has 2 amide bonds. The van der Waals surface area contributed by atoms with Crippen molar-refractivity contribution in [2.45, 2.75) is 38.6 Å². The van der Waals surface area contributed by atoms with Crippen LogP contribution in [0, 0.1) is 11.8 Å². The number of carbonyl (C=O) groups excluding carboxylic acids is 2. The maximum Gasteiger partial charge on any atom is 0.407 e. The normalized spacial score (nSPS) is 18.8. The third-order valence-electron chi connectivity index (χ3n) is 6.49. The molecular formula is C27H30N2O5. The van der Waals surface area contributed by atoms with E-state index >= 15 is 0 Å². The number of benzene rings is 2. The van der Waals surface area contributed by atoms with E-state index in [1.807, 2.05) is 38.1 Å². The van der Waals surface area contributed by atoms with Crippen LogP contribution in [0.1, 0.15) is 43.7 Å². The zero-order chi connectivity index (χ0) is 24.2. The van der Waals surface area contributed by atoms with Gasteiger partial charge in [0.2, 0.25) is 5.91 Å². The van der Waals surface area contributed by atoms with Gasteiger partial charge in [0.25, 0.3) is 0 Å². The van der Waals surface area contributed by atoms with Crippen molar-refractivity contribution in [1.29, 1.82) is 0 Å². The van der Waals surface area contributed by atoms with Crippen molar-refractivity contribution in [3.63, 3.8) is 0 Å². The molecule has 0 spiro atoms. The van der Waals surface area contributed by atoms with Crippen LogP contribution in [-0.2, 0) is 14.3 Å². The van der Waals surface area contributed by atoms with Crippen molar-refractivity contribution in [3.05, 3.63) is 71.3 Å². The maximum absolute atomic E-state index is 12.4. The molecule has 34 heavy (non-hydrogen) atoms. The van der Waals surface area contributed by atoms with Crippen molar-refractivity contribution in [1.82, 2.24) is 10.6 Å². The predicted octanol–water partition coefficient (Wildman–Crippen LogP) is 4.09. The van der Waals surface area contributed by atoms with Crippen LogP contribution in [0.4, 0.5) is 4.79 Å². The number of allylic oxidation sites excluding steroid dienone is 1. The Labute approximate surface area is 199 Å². The zero-order valence-electron chi connectivity index (χ0n) is 19.4. The molecule has 1 unspecified atom stereocenters. The monoisotopic (exact) mass is 462 g/mol. The lowest BCUT2D eigenvalue weighted by atomic mass is 9.98. The molecule has 2 aliphatic carbocycles. The molecule has 4 rings (SSSR count). The summed E-state index contributed by atoms with van der Waals surface area (Å²) in [4.78, 5) is 36.1. The second-order valence-corrected chi connectivity index (χ2v) is 9.23. The molecule has 0 heterocycles. The highest BCUT2D eigenvalue weighted by atomic mass is 16.5. The van der Waals surface area contributed by atoms with Gasteiger partial charge < -0.3 is 20.5 Å². The quantitative estimate of drug-likeness (QED) is 0.487. The molecule has 0 radical (unpaired) electrons. The molecule has 1 fully saturated rings. The first-order valence-corrected chi connectivity index (χ1v) is 11.6. The number of rotatable bonds is 9. The molecule has 7 heteroatoms. The molecule has 3 atom stereocenters. The van der Waals surface area contributed by atoms with E-state index in [1.54, 1.807) is 6.08 Å². The molecule has 0 aliphatic heterocycles. The molecular weight excluding hydrogens is 432 g/mol. The number of fused-ring (bicyclic) bond motifs is 3. The second-order valence-electron chi connectivity index (χ2n) is 9.23. The van der Waals surface area contributed by atoms with E-state index in [0.29, 0.717) is 13.0 Å². The lowest BCUT2D eigenvalue weighted by molar-refractivity contribution is -0.141. The molecule has 0 bridgehead atoms. The molecule has 7 nitrogen and oxygen atoms in total. The Morgan fingerprint density at radius 1 is 1.06 bits per heavy atom. The zero-order valence-corrected chi connectivity index (χ0v) is 19.4. The third kappa shape index (κ3) is 5.30. The van der Waals surface area contributed by atoms with Crippen LogP contribution in [0.25, 0.3) is 11.1 Å². The van der Waals surface area contributed by atoms with Gasteiger partial charge in [-0.25, -0.2) is 9.59 Å². The molecule has 2 aromatic carbocycles.